The van der Waals surface area contributed by atoms with Crippen LogP contribution >= 0.6 is 36.1 Å². The maximum absolute atomic E-state index is 13.2. The number of nitro benzene ring substituents is 1. The van der Waals surface area contributed by atoms with Crippen molar-refractivity contribution in [1.82, 2.24) is 0 Å². The van der Waals surface area contributed by atoms with Crippen LogP contribution in [0.15, 0.2) is 138 Å². The minimum Gasteiger partial charge on any atom is -0.505 e. The number of carboxylic acids is 1. The average molecular weight is 1240 g/mol. The number of carboxylic acid groups (broad SMARTS) is 1. The number of phenols is 2. The molecular weight excluding hydrogens is 1210 g/mol. The molecule has 0 saturated carbocycles. The predicted octanol–water partition coefficient (Wildman–Crippen LogP) is 9.26. The number of anilines is 1. The molecule has 0 atom stereocenters. The number of rotatable bonds is 21. The van der Waals surface area contributed by atoms with Crippen molar-refractivity contribution < 1.29 is 121 Å². The highest BCUT2D eigenvalue weighted by Crippen LogP contribution is 2.51. The van der Waals surface area contributed by atoms with Gasteiger partial charge in [0.1, 0.15) is 53.7 Å². The summed E-state index contributed by atoms with van der Waals surface area (Å²) in [4.78, 5) is 16.5. The number of hydrogen-bond donors (Lipinski definition) is 11. The average Bonchev–Trinajstić information content (AvgIpc) is 3.46. The Morgan fingerprint density at radius 2 is 1.08 bits per heavy atom. The number of benzene rings is 7. The van der Waals surface area contributed by atoms with Gasteiger partial charge >= 0.3 is 5.97 Å². The molecule has 0 aliphatic heterocycles. The number of nitrogen functional groups attached to an aromatic ring is 1. The van der Waals surface area contributed by atoms with Crippen molar-refractivity contribution in [2.45, 2.75) is 34.3 Å². The van der Waals surface area contributed by atoms with Crippen LogP contribution in [0, 0.1) is 10.1 Å². The van der Waals surface area contributed by atoms with Crippen LogP contribution in [-0.4, -0.2) is 93.9 Å². The standard InChI is InChI=1S/C37H24N8O27S7/c38-30-23(12-27(77(58,59)60)20-10-25(75-72-69-54)32(35(47)29(20)30)43-39-21-4-1-13(45(50)51)7-19(21)37(48)49)41-40-22-5-2-16-18(36(22)79(64,65)66)11-28(78(61,62)63)33(34(16)46)44-42-31-17-8-14(73-70-67-52)9-26(76(55,56)57)15(17)3-6-24(31)74-71-68-53/h1-12,46-47,52-54H,38H2,(H,48,49)(H,55,56,57)(H,58,59,60)(H,61,62,63)(H,64,65,66). The van der Waals surface area contributed by atoms with E-state index in [0.29, 0.717) is 24.3 Å². The molecule has 0 aromatic heterocycles. The fourth-order valence-corrected chi connectivity index (χ4v) is 11.5. The highest BCUT2D eigenvalue weighted by Gasteiger charge is 2.30. The monoisotopic (exact) mass is 1240 g/mol. The number of fused-ring (bicyclic) bond motifs is 3. The molecule has 0 fully saturated rings. The summed E-state index contributed by atoms with van der Waals surface area (Å²) < 4.78 is 158. The van der Waals surface area contributed by atoms with Crippen LogP contribution in [0.5, 0.6) is 11.5 Å². The Morgan fingerprint density at radius 1 is 0.532 bits per heavy atom. The lowest BCUT2D eigenvalue weighted by atomic mass is 10.0. The molecule has 0 aliphatic rings. The van der Waals surface area contributed by atoms with Crippen molar-refractivity contribution in [3.63, 3.8) is 0 Å². The van der Waals surface area contributed by atoms with Gasteiger partial charge in [0, 0.05) is 44.0 Å². The second kappa shape index (κ2) is 23.2. The van der Waals surface area contributed by atoms with Crippen molar-refractivity contribution in [3.05, 3.63) is 88.5 Å². The van der Waals surface area contributed by atoms with Crippen molar-refractivity contribution in [3.8, 4) is 11.5 Å². The number of nitro groups is 1. The summed E-state index contributed by atoms with van der Waals surface area (Å²) in [6, 6.07) is 9.54. The lowest BCUT2D eigenvalue weighted by Gasteiger charge is -2.15. The molecular formula is C37H24N8O27S7. The Kier molecular flexibility index (Phi) is 17.4. The molecule has 0 radical (unpaired) electrons. The quantitative estimate of drug-likeness (QED) is 0.00607. The topological polar surface area (TPSA) is 555 Å². The Balaban J connectivity index is 1.44. The first-order valence-corrected chi connectivity index (χ1v) is 27.7. The number of azo groups is 3. The zero-order valence-electron chi connectivity index (χ0n) is 37.4. The first-order chi connectivity index (χ1) is 37.0. The van der Waals surface area contributed by atoms with Gasteiger partial charge in [-0.15, -0.1) is 43.7 Å². The molecule has 42 heteroatoms. The molecule has 7 aromatic carbocycles. The molecule has 0 bridgehead atoms. The zero-order chi connectivity index (χ0) is 58.1. The highest BCUT2D eigenvalue weighted by atomic mass is 32.2. The number of nitrogens with two attached hydrogens (primary N) is 1. The van der Waals surface area contributed by atoms with Gasteiger partial charge in [-0.1, -0.05) is 21.2 Å². The Labute approximate surface area is 449 Å². The van der Waals surface area contributed by atoms with Gasteiger partial charge in [0.15, 0.2) is 11.5 Å². The van der Waals surface area contributed by atoms with Crippen LogP contribution in [0.1, 0.15) is 10.4 Å². The molecule has 7 rings (SSSR count). The van der Waals surface area contributed by atoms with E-state index < -0.39 is 160 Å². The van der Waals surface area contributed by atoms with Gasteiger partial charge in [-0.25, -0.2) is 20.6 Å². The van der Waals surface area contributed by atoms with Crippen LogP contribution in [0.25, 0.3) is 32.3 Å². The van der Waals surface area contributed by atoms with E-state index in [1.165, 1.54) is 0 Å². The molecule has 0 heterocycles. The fraction of sp³-hybridized carbons (Fsp3) is 0. The van der Waals surface area contributed by atoms with Gasteiger partial charge in [0.05, 0.1) is 67.5 Å². The number of nitrogens with zero attached hydrogens (tertiary/aromatic N) is 7. The maximum Gasteiger partial charge on any atom is 0.338 e. The molecule has 0 unspecified atom stereocenters. The van der Waals surface area contributed by atoms with Crippen LogP contribution in [0.2, 0.25) is 0 Å². The number of non-ortho nitro benzene ring substituents is 1. The predicted molar refractivity (Wildman–Crippen MR) is 263 cm³/mol. The molecule has 416 valence electrons. The van der Waals surface area contributed by atoms with Gasteiger partial charge < -0.3 is 21.1 Å². The van der Waals surface area contributed by atoms with Crippen LogP contribution in [0.3, 0.4) is 0 Å². The largest absolute Gasteiger partial charge is 0.505 e. The minimum absolute atomic E-state index is 0.0113. The van der Waals surface area contributed by atoms with Gasteiger partial charge in [-0.2, -0.15) is 33.7 Å². The van der Waals surface area contributed by atoms with Crippen molar-refractivity contribution in [1.29, 1.82) is 0 Å². The number of phenolic OH excluding ortho intramolecular Hbond substituents is 2. The first-order valence-electron chi connectivity index (χ1n) is 19.7. The highest BCUT2D eigenvalue weighted by molar-refractivity contribution is 7.95. The minimum atomic E-state index is -5.72. The fourth-order valence-electron chi connectivity index (χ4n) is 7.13. The van der Waals surface area contributed by atoms with Gasteiger partial charge in [-0.3, -0.25) is 28.3 Å². The normalized spacial score (nSPS) is 12.8. The SMILES string of the molecule is Nc1c(N=Nc2ccc3c(O)c(N=Nc4c(SOOO)ccc5c(S(=O)(=O)O)cc(SOOO)cc45)c(S(=O)(=O)O)cc3c2S(=O)(=O)O)cc(S(=O)(=O)O)c2cc(SOOO)c(N=Nc3ccc([N+](=O)[O-])cc3C(=O)O)c(O)c12. The summed E-state index contributed by atoms with van der Waals surface area (Å²) in [6.45, 7) is 0. The summed E-state index contributed by atoms with van der Waals surface area (Å²) in [5, 5.41) is 100. The molecule has 0 aliphatic carbocycles. The Hall–Kier alpha value is -7.28. The van der Waals surface area contributed by atoms with Crippen molar-refractivity contribution in [2.24, 2.45) is 30.7 Å². The molecule has 0 saturated heterocycles. The van der Waals surface area contributed by atoms with Gasteiger partial charge in [0.25, 0.3) is 46.2 Å². The molecule has 7 aromatic rings. The number of aromatic hydroxyl groups is 2. The number of hydrogen-bond acceptors (Lipinski definition) is 32. The lowest BCUT2D eigenvalue weighted by molar-refractivity contribution is -0.432. The van der Waals surface area contributed by atoms with E-state index >= 15 is 0 Å². The molecule has 35 nitrogen and oxygen atoms in total. The van der Waals surface area contributed by atoms with Crippen LogP contribution in [-0.2, 0) is 68.6 Å². The second-order valence-corrected chi connectivity index (χ2v) is 22.5. The van der Waals surface area contributed by atoms with Crippen molar-refractivity contribution in [2.75, 3.05) is 5.73 Å². The molecule has 12 N–H and O–H groups in total. The summed E-state index contributed by atoms with van der Waals surface area (Å²) in [5.41, 5.74) is -0.840. The first kappa shape index (κ1) is 59.4. The number of carbonyl (C=O) groups is 1. The van der Waals surface area contributed by atoms with E-state index in [0.717, 1.165) is 48.5 Å². The third-order valence-corrected chi connectivity index (χ3v) is 15.7. The molecule has 0 amide bonds. The van der Waals surface area contributed by atoms with E-state index in [9.17, 15) is 82.1 Å². The van der Waals surface area contributed by atoms with Crippen LogP contribution in [0.4, 0.5) is 45.5 Å². The zero-order valence-corrected chi connectivity index (χ0v) is 43.1. The smallest absolute Gasteiger partial charge is 0.338 e. The van der Waals surface area contributed by atoms with Crippen LogP contribution < -0.4 is 5.73 Å². The van der Waals surface area contributed by atoms with Crippen molar-refractivity contribution >= 4 is 160 Å². The molecule has 0 spiro atoms. The lowest BCUT2D eigenvalue weighted by Crippen LogP contribution is -2.03. The third kappa shape index (κ3) is 12.6. The summed E-state index contributed by atoms with van der Waals surface area (Å²) >= 11 is 0.356. The van der Waals surface area contributed by atoms with E-state index in [1.807, 2.05) is 0 Å². The maximum atomic E-state index is 13.2. The Bertz CT molecular complexity index is 4280. The van der Waals surface area contributed by atoms with E-state index in [-0.39, 0.29) is 56.7 Å². The van der Waals surface area contributed by atoms with E-state index in [1.54, 1.807) is 0 Å². The molecule has 79 heavy (non-hydrogen) atoms. The summed E-state index contributed by atoms with van der Waals surface area (Å²) in [7, 11) is -22.0. The third-order valence-electron chi connectivity index (χ3n) is 10.2. The van der Waals surface area contributed by atoms with E-state index in [4.69, 9.17) is 21.5 Å². The van der Waals surface area contributed by atoms with E-state index in [2.05, 4.69) is 58.8 Å². The summed E-state index contributed by atoms with van der Waals surface area (Å²) in [6.07, 6.45) is 0. The number of aromatic carboxylic acids is 1. The second-order valence-electron chi connectivity index (χ2n) is 14.8. The van der Waals surface area contributed by atoms with Gasteiger partial charge in [-0.05, 0) is 54.6 Å². The summed E-state index contributed by atoms with van der Waals surface area (Å²) in [5.74, 6) is -4.23. The Morgan fingerprint density at radius 3 is 1.67 bits per heavy atom. The van der Waals surface area contributed by atoms with Gasteiger partial charge in [0.2, 0.25) is 0 Å².